The number of hydrogen-bond donors (Lipinski definition) is 2. The first kappa shape index (κ1) is 13.2. The topological polar surface area (TPSA) is 54.3 Å². The van der Waals surface area contributed by atoms with Gasteiger partial charge in [0.2, 0.25) is 5.91 Å². The third-order valence-corrected chi connectivity index (χ3v) is 2.86. The number of rotatable bonds is 6. The van der Waals surface area contributed by atoms with Crippen LogP contribution in [0.3, 0.4) is 0 Å². The summed E-state index contributed by atoms with van der Waals surface area (Å²) >= 11 is 0. The molecule has 0 aliphatic heterocycles. The van der Waals surface area contributed by atoms with Crippen LogP contribution in [0.4, 0.5) is 5.69 Å². The molecule has 0 aliphatic carbocycles. The minimum atomic E-state index is -0.0593. The fourth-order valence-electron chi connectivity index (χ4n) is 1.70. The summed E-state index contributed by atoms with van der Waals surface area (Å²) in [6.07, 6.45) is 2.61. The summed E-state index contributed by atoms with van der Waals surface area (Å²) in [5.41, 5.74) is 2.23. The smallest absolute Gasteiger partial charge is 0.239 e. The van der Waals surface area contributed by atoms with E-state index in [1.807, 2.05) is 18.2 Å². The molecule has 4 heteroatoms. The number of carbonyl (C=O) groups excluding carboxylic acids is 1. The number of benzene rings is 1. The lowest BCUT2D eigenvalue weighted by atomic mass is 10.1. The minimum absolute atomic E-state index is 0.0593. The SMILES string of the molecule is CCc1ccc(NCC(=O)NCc2ccco2)cc1. The van der Waals surface area contributed by atoms with Gasteiger partial charge in [0.1, 0.15) is 5.76 Å². The Bertz CT molecular complexity index is 503. The molecule has 2 N–H and O–H groups in total. The Kier molecular flexibility index (Phi) is 4.61. The minimum Gasteiger partial charge on any atom is -0.467 e. The molecule has 1 heterocycles. The van der Waals surface area contributed by atoms with E-state index in [1.165, 1.54) is 5.56 Å². The first-order valence-corrected chi connectivity index (χ1v) is 6.40. The average Bonchev–Trinajstić information content (AvgIpc) is 2.96. The Labute approximate surface area is 112 Å². The Morgan fingerprint density at radius 3 is 2.63 bits per heavy atom. The molecule has 2 aromatic rings. The Morgan fingerprint density at radius 1 is 1.21 bits per heavy atom. The zero-order chi connectivity index (χ0) is 13.5. The van der Waals surface area contributed by atoms with E-state index in [1.54, 1.807) is 12.3 Å². The van der Waals surface area contributed by atoms with Crippen molar-refractivity contribution in [1.29, 1.82) is 0 Å². The molecule has 0 atom stereocenters. The largest absolute Gasteiger partial charge is 0.467 e. The van der Waals surface area contributed by atoms with Gasteiger partial charge in [-0.3, -0.25) is 4.79 Å². The van der Waals surface area contributed by atoms with Crippen LogP contribution in [0.25, 0.3) is 0 Å². The van der Waals surface area contributed by atoms with Crippen molar-refractivity contribution in [2.24, 2.45) is 0 Å². The van der Waals surface area contributed by atoms with Gasteiger partial charge < -0.3 is 15.1 Å². The predicted molar refractivity (Wildman–Crippen MR) is 74.9 cm³/mol. The molecule has 4 nitrogen and oxygen atoms in total. The number of nitrogens with one attached hydrogen (secondary N) is 2. The molecular formula is C15H18N2O2. The van der Waals surface area contributed by atoms with E-state index in [9.17, 15) is 4.79 Å². The van der Waals surface area contributed by atoms with Crippen LogP contribution in [0.5, 0.6) is 0 Å². The summed E-state index contributed by atoms with van der Waals surface area (Å²) < 4.78 is 5.14. The van der Waals surface area contributed by atoms with Gasteiger partial charge in [-0.2, -0.15) is 0 Å². The van der Waals surface area contributed by atoms with Gasteiger partial charge in [-0.05, 0) is 36.2 Å². The molecule has 0 saturated heterocycles. The van der Waals surface area contributed by atoms with Crippen molar-refractivity contribution < 1.29 is 9.21 Å². The van der Waals surface area contributed by atoms with E-state index in [2.05, 4.69) is 29.7 Å². The van der Waals surface area contributed by atoms with Crippen molar-refractivity contribution in [3.05, 3.63) is 54.0 Å². The average molecular weight is 258 g/mol. The van der Waals surface area contributed by atoms with Crippen LogP contribution in [-0.2, 0) is 17.8 Å². The zero-order valence-corrected chi connectivity index (χ0v) is 11.0. The zero-order valence-electron chi connectivity index (χ0n) is 11.0. The lowest BCUT2D eigenvalue weighted by molar-refractivity contribution is -0.119. The number of hydrogen-bond acceptors (Lipinski definition) is 3. The molecule has 0 radical (unpaired) electrons. The first-order valence-electron chi connectivity index (χ1n) is 6.40. The van der Waals surface area contributed by atoms with Gasteiger partial charge in [0.05, 0.1) is 19.4 Å². The maximum absolute atomic E-state index is 11.6. The van der Waals surface area contributed by atoms with E-state index in [-0.39, 0.29) is 12.5 Å². The van der Waals surface area contributed by atoms with E-state index < -0.39 is 0 Å². The van der Waals surface area contributed by atoms with Gasteiger partial charge in [-0.15, -0.1) is 0 Å². The normalized spacial score (nSPS) is 10.2. The van der Waals surface area contributed by atoms with Crippen molar-refractivity contribution in [2.75, 3.05) is 11.9 Å². The van der Waals surface area contributed by atoms with Crippen molar-refractivity contribution in [1.82, 2.24) is 5.32 Å². The second-order valence-corrected chi connectivity index (χ2v) is 4.26. The second-order valence-electron chi connectivity index (χ2n) is 4.26. The molecule has 1 amide bonds. The highest BCUT2D eigenvalue weighted by Gasteiger charge is 2.02. The molecule has 2 rings (SSSR count). The molecule has 0 fully saturated rings. The third kappa shape index (κ3) is 4.17. The van der Waals surface area contributed by atoms with Crippen LogP contribution in [0, 0.1) is 0 Å². The maximum atomic E-state index is 11.6. The predicted octanol–water partition coefficient (Wildman–Crippen LogP) is 2.57. The van der Waals surface area contributed by atoms with Crippen molar-refractivity contribution >= 4 is 11.6 Å². The maximum Gasteiger partial charge on any atom is 0.239 e. The van der Waals surface area contributed by atoms with E-state index >= 15 is 0 Å². The summed E-state index contributed by atoms with van der Waals surface area (Å²) in [6, 6.07) is 11.7. The quantitative estimate of drug-likeness (QED) is 0.837. The number of aryl methyl sites for hydroxylation is 1. The van der Waals surface area contributed by atoms with E-state index in [0.717, 1.165) is 17.9 Å². The first-order chi connectivity index (χ1) is 9.28. The van der Waals surface area contributed by atoms with Crippen LogP contribution in [0.15, 0.2) is 47.1 Å². The molecular weight excluding hydrogens is 240 g/mol. The van der Waals surface area contributed by atoms with Crippen LogP contribution >= 0.6 is 0 Å². The molecule has 1 aromatic carbocycles. The molecule has 100 valence electrons. The molecule has 0 aliphatic rings. The molecule has 19 heavy (non-hydrogen) atoms. The lowest BCUT2D eigenvalue weighted by Crippen LogP contribution is -2.29. The third-order valence-electron chi connectivity index (χ3n) is 2.86. The number of amides is 1. The summed E-state index contributed by atoms with van der Waals surface area (Å²) in [4.78, 5) is 11.6. The van der Waals surface area contributed by atoms with E-state index in [0.29, 0.717) is 6.54 Å². The Morgan fingerprint density at radius 2 is 2.00 bits per heavy atom. The van der Waals surface area contributed by atoms with Crippen molar-refractivity contribution in [3.63, 3.8) is 0 Å². The summed E-state index contributed by atoms with van der Waals surface area (Å²) in [6.45, 7) is 2.79. The van der Waals surface area contributed by atoms with Gasteiger partial charge in [0.15, 0.2) is 0 Å². The Hall–Kier alpha value is -2.23. The molecule has 0 saturated carbocycles. The highest BCUT2D eigenvalue weighted by atomic mass is 16.3. The fourth-order valence-corrected chi connectivity index (χ4v) is 1.70. The number of carbonyl (C=O) groups is 1. The van der Waals surface area contributed by atoms with E-state index in [4.69, 9.17) is 4.42 Å². The summed E-state index contributed by atoms with van der Waals surface area (Å²) in [7, 11) is 0. The van der Waals surface area contributed by atoms with Gasteiger partial charge in [0, 0.05) is 5.69 Å². The van der Waals surface area contributed by atoms with Crippen LogP contribution in [0.1, 0.15) is 18.2 Å². The highest BCUT2D eigenvalue weighted by molar-refractivity contribution is 5.80. The van der Waals surface area contributed by atoms with Crippen molar-refractivity contribution in [2.45, 2.75) is 19.9 Å². The van der Waals surface area contributed by atoms with Crippen molar-refractivity contribution in [3.8, 4) is 0 Å². The number of anilines is 1. The monoisotopic (exact) mass is 258 g/mol. The Balaban J connectivity index is 1.73. The summed E-state index contributed by atoms with van der Waals surface area (Å²) in [5, 5.41) is 5.87. The lowest BCUT2D eigenvalue weighted by Gasteiger charge is -2.07. The molecule has 1 aromatic heterocycles. The summed E-state index contributed by atoms with van der Waals surface area (Å²) in [5.74, 6) is 0.691. The van der Waals surface area contributed by atoms with Crippen LogP contribution in [-0.4, -0.2) is 12.5 Å². The van der Waals surface area contributed by atoms with Gasteiger partial charge in [0.25, 0.3) is 0 Å². The standard InChI is InChI=1S/C15H18N2O2/c1-2-12-5-7-13(8-6-12)16-11-15(18)17-10-14-4-3-9-19-14/h3-9,16H,2,10-11H2,1H3,(H,17,18). The molecule has 0 unspecified atom stereocenters. The molecule has 0 bridgehead atoms. The van der Waals surface area contributed by atoms with Crippen LogP contribution < -0.4 is 10.6 Å². The van der Waals surface area contributed by atoms with Gasteiger partial charge in [-0.25, -0.2) is 0 Å². The van der Waals surface area contributed by atoms with Crippen LogP contribution in [0.2, 0.25) is 0 Å². The van der Waals surface area contributed by atoms with Gasteiger partial charge in [-0.1, -0.05) is 19.1 Å². The molecule has 0 spiro atoms. The van der Waals surface area contributed by atoms with Gasteiger partial charge >= 0.3 is 0 Å². The highest BCUT2D eigenvalue weighted by Crippen LogP contribution is 2.09. The fraction of sp³-hybridized carbons (Fsp3) is 0.267. The number of furan rings is 1. The second kappa shape index (κ2) is 6.64.